The van der Waals surface area contributed by atoms with E-state index in [-0.39, 0.29) is 24.9 Å². The van der Waals surface area contributed by atoms with Crippen LogP contribution in [-0.2, 0) is 20.9 Å². The molecule has 0 aliphatic carbocycles. The minimum atomic E-state index is -0.440. The molecule has 1 aliphatic rings. The summed E-state index contributed by atoms with van der Waals surface area (Å²) >= 11 is 6.04. The van der Waals surface area contributed by atoms with Crippen LogP contribution in [0.4, 0.5) is 5.69 Å². The van der Waals surface area contributed by atoms with Crippen LogP contribution in [0.15, 0.2) is 54.6 Å². The molecule has 2 aromatic carbocycles. The number of nitrogens with zero attached hydrogens (tertiary/aromatic N) is 1. The highest BCUT2D eigenvalue weighted by molar-refractivity contribution is 6.31. The average molecular weight is 330 g/mol. The van der Waals surface area contributed by atoms with Crippen LogP contribution in [0.1, 0.15) is 12.0 Å². The maximum atomic E-state index is 12.2. The van der Waals surface area contributed by atoms with Crippen LogP contribution in [0, 0.1) is 5.92 Å². The fraction of sp³-hybridized carbons (Fsp3) is 0.222. The van der Waals surface area contributed by atoms with Crippen LogP contribution in [0.25, 0.3) is 0 Å². The number of hydrogen-bond donors (Lipinski definition) is 0. The Bertz CT molecular complexity index is 717. The third-order valence-electron chi connectivity index (χ3n) is 3.85. The van der Waals surface area contributed by atoms with Crippen molar-refractivity contribution in [2.45, 2.75) is 13.0 Å². The zero-order valence-corrected chi connectivity index (χ0v) is 13.2. The van der Waals surface area contributed by atoms with Crippen molar-refractivity contribution in [1.29, 1.82) is 0 Å². The van der Waals surface area contributed by atoms with Gasteiger partial charge in [0.1, 0.15) is 6.61 Å². The largest absolute Gasteiger partial charge is 0.460 e. The topological polar surface area (TPSA) is 46.6 Å². The van der Waals surface area contributed by atoms with Crippen LogP contribution in [0.5, 0.6) is 0 Å². The Morgan fingerprint density at radius 1 is 1.13 bits per heavy atom. The van der Waals surface area contributed by atoms with Crippen molar-refractivity contribution >= 4 is 29.2 Å². The van der Waals surface area contributed by atoms with Gasteiger partial charge in [-0.05, 0) is 18.2 Å². The van der Waals surface area contributed by atoms with Crippen LogP contribution in [0.2, 0.25) is 5.02 Å². The number of carbonyl (C=O) groups excluding carboxylic acids is 2. The van der Waals surface area contributed by atoms with E-state index in [1.807, 2.05) is 48.5 Å². The second-order valence-corrected chi connectivity index (χ2v) is 5.85. The molecule has 0 aromatic heterocycles. The highest BCUT2D eigenvalue weighted by Crippen LogP contribution is 2.26. The van der Waals surface area contributed by atoms with Gasteiger partial charge in [0.2, 0.25) is 5.91 Å². The van der Waals surface area contributed by atoms with Gasteiger partial charge in [-0.25, -0.2) is 0 Å². The fourth-order valence-electron chi connectivity index (χ4n) is 2.61. The minimum Gasteiger partial charge on any atom is -0.460 e. The molecule has 118 valence electrons. The molecule has 0 N–H and O–H groups in total. The van der Waals surface area contributed by atoms with Gasteiger partial charge in [-0.1, -0.05) is 48.0 Å². The summed E-state index contributed by atoms with van der Waals surface area (Å²) in [5, 5.41) is 0.564. The summed E-state index contributed by atoms with van der Waals surface area (Å²) in [5.41, 5.74) is 1.56. The molecular weight excluding hydrogens is 314 g/mol. The predicted octanol–water partition coefficient (Wildman–Crippen LogP) is 3.44. The molecule has 0 spiro atoms. The van der Waals surface area contributed by atoms with E-state index < -0.39 is 5.92 Å². The standard InChI is InChI=1S/C18H16ClNO3/c19-16-9-5-4-6-13(16)12-23-18(22)14-10-17(21)20(11-14)15-7-2-1-3-8-15/h1-9,14H,10-12H2/t14-/m1/s1. The molecule has 1 fully saturated rings. The molecule has 0 saturated carbocycles. The Labute approximate surface area is 139 Å². The Kier molecular flexibility index (Phi) is 4.63. The predicted molar refractivity (Wildman–Crippen MR) is 88.2 cm³/mol. The van der Waals surface area contributed by atoms with Gasteiger partial charge in [0.15, 0.2) is 0 Å². The summed E-state index contributed by atoms with van der Waals surface area (Å²) in [6, 6.07) is 16.6. The Balaban J connectivity index is 1.61. The zero-order chi connectivity index (χ0) is 16.2. The second kappa shape index (κ2) is 6.84. The number of esters is 1. The van der Waals surface area contributed by atoms with Crippen LogP contribution < -0.4 is 4.90 Å². The molecule has 4 nitrogen and oxygen atoms in total. The summed E-state index contributed by atoms with van der Waals surface area (Å²) < 4.78 is 5.32. The van der Waals surface area contributed by atoms with E-state index in [2.05, 4.69) is 0 Å². The van der Waals surface area contributed by atoms with Crippen LogP contribution in [0.3, 0.4) is 0 Å². The number of hydrogen-bond acceptors (Lipinski definition) is 3. The summed E-state index contributed by atoms with van der Waals surface area (Å²) in [6.07, 6.45) is 0.177. The van der Waals surface area contributed by atoms with Gasteiger partial charge in [0.05, 0.1) is 5.92 Å². The quantitative estimate of drug-likeness (QED) is 0.807. The molecule has 1 saturated heterocycles. The van der Waals surface area contributed by atoms with E-state index in [1.165, 1.54) is 0 Å². The molecule has 1 aliphatic heterocycles. The highest BCUT2D eigenvalue weighted by atomic mass is 35.5. The molecule has 0 bridgehead atoms. The zero-order valence-electron chi connectivity index (χ0n) is 12.4. The lowest BCUT2D eigenvalue weighted by atomic mass is 10.1. The number of para-hydroxylation sites is 1. The van der Waals surface area contributed by atoms with E-state index in [0.717, 1.165) is 11.3 Å². The van der Waals surface area contributed by atoms with Gasteiger partial charge in [-0.2, -0.15) is 0 Å². The smallest absolute Gasteiger partial charge is 0.311 e. The first-order valence-corrected chi connectivity index (χ1v) is 7.78. The maximum Gasteiger partial charge on any atom is 0.311 e. The number of rotatable bonds is 4. The number of carbonyl (C=O) groups is 2. The number of halogens is 1. The molecule has 23 heavy (non-hydrogen) atoms. The third-order valence-corrected chi connectivity index (χ3v) is 4.22. The lowest BCUT2D eigenvalue weighted by molar-refractivity contribution is -0.149. The number of benzene rings is 2. The fourth-order valence-corrected chi connectivity index (χ4v) is 2.80. The maximum absolute atomic E-state index is 12.2. The molecule has 5 heteroatoms. The van der Waals surface area contributed by atoms with Crippen molar-refractivity contribution in [2.24, 2.45) is 5.92 Å². The lowest BCUT2D eigenvalue weighted by Gasteiger charge is -2.16. The average Bonchev–Trinajstić information content (AvgIpc) is 2.96. The van der Waals surface area contributed by atoms with Crippen molar-refractivity contribution in [3.05, 3.63) is 65.2 Å². The van der Waals surface area contributed by atoms with E-state index in [4.69, 9.17) is 16.3 Å². The van der Waals surface area contributed by atoms with Gasteiger partial charge in [-0.15, -0.1) is 0 Å². The van der Waals surface area contributed by atoms with Gasteiger partial charge in [0.25, 0.3) is 0 Å². The highest BCUT2D eigenvalue weighted by Gasteiger charge is 2.36. The third kappa shape index (κ3) is 3.54. The second-order valence-electron chi connectivity index (χ2n) is 5.44. The first kappa shape index (κ1) is 15.6. The number of amides is 1. The molecule has 2 aromatic rings. The Hall–Kier alpha value is -2.33. The van der Waals surface area contributed by atoms with Crippen molar-refractivity contribution in [1.82, 2.24) is 0 Å². The van der Waals surface area contributed by atoms with Crippen molar-refractivity contribution in [3.63, 3.8) is 0 Å². The first-order valence-electron chi connectivity index (χ1n) is 7.40. The van der Waals surface area contributed by atoms with Gasteiger partial charge in [0, 0.05) is 29.2 Å². The molecule has 3 rings (SSSR count). The molecule has 1 amide bonds. The molecule has 1 atom stereocenters. The number of ether oxygens (including phenoxy) is 1. The van der Waals surface area contributed by atoms with Gasteiger partial charge in [-0.3, -0.25) is 9.59 Å². The summed E-state index contributed by atoms with van der Waals surface area (Å²) in [7, 11) is 0. The molecule has 0 unspecified atom stereocenters. The molecule has 0 radical (unpaired) electrons. The lowest BCUT2D eigenvalue weighted by Crippen LogP contribution is -2.26. The van der Waals surface area contributed by atoms with E-state index >= 15 is 0 Å². The normalized spacial score (nSPS) is 17.3. The Morgan fingerprint density at radius 3 is 2.57 bits per heavy atom. The van der Waals surface area contributed by atoms with Gasteiger partial charge >= 0.3 is 5.97 Å². The monoisotopic (exact) mass is 329 g/mol. The summed E-state index contributed by atoms with van der Waals surface area (Å²) in [5.74, 6) is -0.863. The van der Waals surface area contributed by atoms with Crippen molar-refractivity contribution in [3.8, 4) is 0 Å². The van der Waals surface area contributed by atoms with Crippen LogP contribution >= 0.6 is 11.6 Å². The molecular formula is C18H16ClNO3. The van der Waals surface area contributed by atoms with E-state index in [0.29, 0.717) is 11.6 Å². The summed E-state index contributed by atoms with van der Waals surface area (Å²) in [6.45, 7) is 0.471. The van der Waals surface area contributed by atoms with Gasteiger partial charge < -0.3 is 9.64 Å². The SMILES string of the molecule is O=C(OCc1ccccc1Cl)[C@@H]1CC(=O)N(c2ccccc2)C1. The molecule has 1 heterocycles. The minimum absolute atomic E-state index is 0.0594. The van der Waals surface area contributed by atoms with E-state index in [9.17, 15) is 9.59 Å². The number of anilines is 1. The summed E-state index contributed by atoms with van der Waals surface area (Å²) in [4.78, 5) is 25.9. The van der Waals surface area contributed by atoms with Crippen molar-refractivity contribution < 1.29 is 14.3 Å². The Morgan fingerprint density at radius 2 is 1.83 bits per heavy atom. The van der Waals surface area contributed by atoms with Crippen molar-refractivity contribution in [2.75, 3.05) is 11.4 Å². The van der Waals surface area contributed by atoms with Crippen LogP contribution in [-0.4, -0.2) is 18.4 Å². The van der Waals surface area contributed by atoms with E-state index in [1.54, 1.807) is 11.0 Å². The first-order chi connectivity index (χ1) is 11.1.